The summed E-state index contributed by atoms with van der Waals surface area (Å²) in [5, 5.41) is 8.38. The van der Waals surface area contributed by atoms with Gasteiger partial charge >= 0.3 is 0 Å². The second kappa shape index (κ2) is 5.40. The van der Waals surface area contributed by atoms with Crippen molar-refractivity contribution in [2.75, 3.05) is 18.0 Å². The molecule has 1 unspecified atom stereocenters. The van der Waals surface area contributed by atoms with Crippen molar-refractivity contribution in [1.29, 1.82) is 0 Å². The van der Waals surface area contributed by atoms with E-state index in [1.165, 1.54) is 19.3 Å². The van der Waals surface area contributed by atoms with Gasteiger partial charge in [-0.05, 0) is 46.1 Å². The molecule has 0 spiro atoms. The number of anilines is 1. The van der Waals surface area contributed by atoms with Gasteiger partial charge in [-0.1, -0.05) is 0 Å². The van der Waals surface area contributed by atoms with Crippen LogP contribution in [0.3, 0.4) is 0 Å². The van der Waals surface area contributed by atoms with E-state index in [1.54, 1.807) is 0 Å². The highest BCUT2D eigenvalue weighted by molar-refractivity contribution is 5.32. The van der Waals surface area contributed by atoms with Crippen molar-refractivity contribution in [1.82, 2.24) is 15.2 Å². The fourth-order valence-corrected chi connectivity index (χ4v) is 2.32. The second-order valence-electron chi connectivity index (χ2n) is 4.70. The standard InChI is InChI=1S/C12H21N5/c1-9-10(2)15-16-12(14-9)17-8-4-3-5-11(17)6-7-13/h11H,3-8,13H2,1-2H3. The van der Waals surface area contributed by atoms with Gasteiger partial charge < -0.3 is 10.6 Å². The molecule has 94 valence electrons. The first-order chi connectivity index (χ1) is 8.22. The van der Waals surface area contributed by atoms with Crippen LogP contribution in [0.4, 0.5) is 5.95 Å². The van der Waals surface area contributed by atoms with Gasteiger partial charge in [-0.15, -0.1) is 5.10 Å². The molecular formula is C12H21N5. The van der Waals surface area contributed by atoms with Gasteiger partial charge in [-0.25, -0.2) is 4.98 Å². The fourth-order valence-electron chi connectivity index (χ4n) is 2.32. The van der Waals surface area contributed by atoms with Crippen LogP contribution in [0, 0.1) is 13.8 Å². The van der Waals surface area contributed by atoms with Gasteiger partial charge in [0, 0.05) is 12.6 Å². The smallest absolute Gasteiger partial charge is 0.245 e. The Morgan fingerprint density at radius 2 is 2.06 bits per heavy atom. The average Bonchev–Trinajstić information content (AvgIpc) is 2.34. The second-order valence-corrected chi connectivity index (χ2v) is 4.70. The molecule has 0 radical (unpaired) electrons. The Kier molecular flexibility index (Phi) is 3.89. The first kappa shape index (κ1) is 12.2. The van der Waals surface area contributed by atoms with Crippen molar-refractivity contribution in [3.8, 4) is 0 Å². The lowest BCUT2D eigenvalue weighted by Gasteiger charge is -2.35. The molecule has 2 N–H and O–H groups in total. The molecule has 1 aliphatic heterocycles. The van der Waals surface area contributed by atoms with E-state index in [1.807, 2.05) is 13.8 Å². The van der Waals surface area contributed by atoms with Gasteiger partial charge in [0.15, 0.2) is 0 Å². The number of nitrogens with zero attached hydrogens (tertiary/aromatic N) is 4. The van der Waals surface area contributed by atoms with E-state index in [2.05, 4.69) is 20.1 Å². The van der Waals surface area contributed by atoms with Crippen molar-refractivity contribution in [2.24, 2.45) is 5.73 Å². The molecule has 0 aliphatic carbocycles. The maximum absolute atomic E-state index is 5.67. The molecule has 0 aromatic carbocycles. The molecular weight excluding hydrogens is 214 g/mol. The summed E-state index contributed by atoms with van der Waals surface area (Å²) in [6, 6.07) is 0.484. The lowest BCUT2D eigenvalue weighted by molar-refractivity contribution is 0.433. The molecule has 5 nitrogen and oxygen atoms in total. The van der Waals surface area contributed by atoms with Crippen LogP contribution in [0.25, 0.3) is 0 Å². The first-order valence-corrected chi connectivity index (χ1v) is 6.37. The van der Waals surface area contributed by atoms with E-state index in [4.69, 9.17) is 5.73 Å². The zero-order chi connectivity index (χ0) is 12.3. The highest BCUT2D eigenvalue weighted by atomic mass is 15.3. The number of aryl methyl sites for hydroxylation is 2. The monoisotopic (exact) mass is 235 g/mol. The fraction of sp³-hybridized carbons (Fsp3) is 0.750. The Morgan fingerprint density at radius 1 is 1.24 bits per heavy atom. The third kappa shape index (κ3) is 2.72. The van der Waals surface area contributed by atoms with E-state index in [0.29, 0.717) is 6.04 Å². The summed E-state index contributed by atoms with van der Waals surface area (Å²) >= 11 is 0. The van der Waals surface area contributed by atoms with Gasteiger partial charge in [-0.3, -0.25) is 0 Å². The Hall–Kier alpha value is -1.23. The number of piperidine rings is 1. The highest BCUT2D eigenvalue weighted by Gasteiger charge is 2.24. The molecule has 1 aliphatic rings. The molecule has 1 aromatic heterocycles. The molecule has 0 bridgehead atoms. The Labute approximate surface area is 102 Å². The maximum atomic E-state index is 5.67. The molecule has 2 rings (SSSR count). The van der Waals surface area contributed by atoms with Crippen LogP contribution in [0.15, 0.2) is 0 Å². The van der Waals surface area contributed by atoms with Crippen LogP contribution < -0.4 is 10.6 Å². The van der Waals surface area contributed by atoms with Crippen LogP contribution >= 0.6 is 0 Å². The minimum Gasteiger partial charge on any atom is -0.336 e. The van der Waals surface area contributed by atoms with E-state index in [0.717, 1.165) is 36.8 Å². The summed E-state index contributed by atoms with van der Waals surface area (Å²) in [5.41, 5.74) is 7.54. The number of aromatic nitrogens is 3. The lowest BCUT2D eigenvalue weighted by Crippen LogP contribution is -2.42. The average molecular weight is 235 g/mol. The SMILES string of the molecule is Cc1nnc(N2CCCCC2CCN)nc1C. The van der Waals surface area contributed by atoms with E-state index >= 15 is 0 Å². The summed E-state index contributed by atoms with van der Waals surface area (Å²) in [7, 11) is 0. The van der Waals surface area contributed by atoms with Crippen LogP contribution in [0.5, 0.6) is 0 Å². The van der Waals surface area contributed by atoms with Gasteiger partial charge in [0.25, 0.3) is 0 Å². The zero-order valence-electron chi connectivity index (χ0n) is 10.7. The van der Waals surface area contributed by atoms with Crippen LogP contribution in [0.2, 0.25) is 0 Å². The number of rotatable bonds is 3. The third-order valence-electron chi connectivity index (χ3n) is 3.46. The summed E-state index contributed by atoms with van der Waals surface area (Å²) in [6.07, 6.45) is 4.68. The Bertz CT molecular complexity index is 377. The van der Waals surface area contributed by atoms with Crippen molar-refractivity contribution in [3.63, 3.8) is 0 Å². The zero-order valence-corrected chi connectivity index (χ0v) is 10.7. The predicted octanol–water partition coefficient (Wildman–Crippen LogP) is 1.20. The molecule has 1 fully saturated rings. The van der Waals surface area contributed by atoms with E-state index < -0.39 is 0 Å². The highest BCUT2D eigenvalue weighted by Crippen LogP contribution is 2.23. The summed E-state index contributed by atoms with van der Waals surface area (Å²) in [5.74, 6) is 0.770. The van der Waals surface area contributed by atoms with Crippen molar-refractivity contribution < 1.29 is 0 Å². The van der Waals surface area contributed by atoms with E-state index in [9.17, 15) is 0 Å². The molecule has 2 heterocycles. The van der Waals surface area contributed by atoms with Gasteiger partial charge in [0.05, 0.1) is 11.4 Å². The normalized spacial score (nSPS) is 20.6. The Balaban J connectivity index is 2.20. The van der Waals surface area contributed by atoms with E-state index in [-0.39, 0.29) is 0 Å². The quantitative estimate of drug-likeness (QED) is 0.852. The van der Waals surface area contributed by atoms with Crippen LogP contribution in [-0.4, -0.2) is 34.3 Å². The molecule has 1 atom stereocenters. The summed E-state index contributed by atoms with van der Waals surface area (Å²) in [4.78, 5) is 6.81. The summed E-state index contributed by atoms with van der Waals surface area (Å²) < 4.78 is 0. The Morgan fingerprint density at radius 3 is 2.76 bits per heavy atom. The number of hydrogen-bond acceptors (Lipinski definition) is 5. The largest absolute Gasteiger partial charge is 0.336 e. The molecule has 0 saturated carbocycles. The van der Waals surface area contributed by atoms with Gasteiger partial charge in [0.1, 0.15) is 0 Å². The van der Waals surface area contributed by atoms with Crippen molar-refractivity contribution in [3.05, 3.63) is 11.4 Å². The minimum absolute atomic E-state index is 0.484. The molecule has 17 heavy (non-hydrogen) atoms. The van der Waals surface area contributed by atoms with Crippen LogP contribution in [-0.2, 0) is 0 Å². The lowest BCUT2D eigenvalue weighted by atomic mass is 10.00. The molecule has 0 amide bonds. The van der Waals surface area contributed by atoms with Crippen molar-refractivity contribution in [2.45, 2.75) is 45.6 Å². The summed E-state index contributed by atoms with van der Waals surface area (Å²) in [6.45, 7) is 5.66. The maximum Gasteiger partial charge on any atom is 0.245 e. The molecule has 1 aromatic rings. The van der Waals surface area contributed by atoms with Crippen molar-refractivity contribution >= 4 is 5.95 Å². The number of nitrogens with two attached hydrogens (primary N) is 1. The predicted molar refractivity (Wildman–Crippen MR) is 68.0 cm³/mol. The molecule has 1 saturated heterocycles. The topological polar surface area (TPSA) is 67.9 Å². The third-order valence-corrected chi connectivity index (χ3v) is 3.46. The molecule has 5 heteroatoms. The minimum atomic E-state index is 0.484. The van der Waals surface area contributed by atoms with Gasteiger partial charge in [-0.2, -0.15) is 5.10 Å². The number of hydrogen-bond donors (Lipinski definition) is 1. The van der Waals surface area contributed by atoms with Gasteiger partial charge in [0.2, 0.25) is 5.95 Å². The van der Waals surface area contributed by atoms with Crippen LogP contribution in [0.1, 0.15) is 37.1 Å². The first-order valence-electron chi connectivity index (χ1n) is 6.37.